The van der Waals surface area contributed by atoms with Crippen molar-refractivity contribution in [2.75, 3.05) is 53.4 Å². The van der Waals surface area contributed by atoms with E-state index in [1.165, 1.54) is 11.1 Å². The van der Waals surface area contributed by atoms with Gasteiger partial charge in [-0.25, -0.2) is 0 Å². The van der Waals surface area contributed by atoms with Gasteiger partial charge in [0.2, 0.25) is 23.6 Å². The van der Waals surface area contributed by atoms with Crippen molar-refractivity contribution in [3.8, 4) is 0 Å². The van der Waals surface area contributed by atoms with Crippen molar-refractivity contribution >= 4 is 29.5 Å². The Morgan fingerprint density at radius 1 is 0.634 bits per heavy atom. The Morgan fingerprint density at radius 3 is 1.45 bits per heavy atom. The van der Waals surface area contributed by atoms with Crippen LogP contribution < -0.4 is 21.0 Å². The number of likely N-dealkylation sites (N-methyl/N-ethyl adjacent to an activating group) is 1. The van der Waals surface area contributed by atoms with Crippen molar-refractivity contribution in [3.63, 3.8) is 0 Å². The SMILES string of the molecule is CN[C@@H](C)C(=O)N[C@H](C(=O)N1CCC[C@H]1CN(C[C@H](C)c1ccccc1)C(=O)CCCCCCCCC(=O)N(C[C@@H]1CCCN1C(=O)[C@@H]([NH+]([O-])[C@H](C)NC)C(C)(C)C)C[C@H](C)c1ccccc1)C(C)(C)C. The van der Waals surface area contributed by atoms with Gasteiger partial charge in [0.15, 0.2) is 6.04 Å². The van der Waals surface area contributed by atoms with E-state index in [0.29, 0.717) is 52.1 Å². The number of nitrogens with one attached hydrogen (secondary N) is 4. The second kappa shape index (κ2) is 28.2. The predicted octanol–water partition coefficient (Wildman–Crippen LogP) is 6.86. The van der Waals surface area contributed by atoms with Crippen LogP contribution in [0.25, 0.3) is 0 Å². The Labute approximate surface area is 428 Å². The number of benzene rings is 2. The number of unbranched alkanes of at least 4 members (excludes halogenated alkanes) is 5. The standard InChI is InChI=1S/C57H94N8O6/c1-41(45-27-19-17-20-28-45)37-61(39-47-31-25-35-63(47)54(69)51(56(5,6)7)60-53(68)43(3)58-11)49(66)33-23-15-13-14-16-24-34-50(67)62(38-42(2)46-29-21-18-22-30-46)40-48-32-26-36-64(48)55(70)52(57(8,9)10)65(71)44(4)59-12/h17-22,27-30,41-44,47-48,51-52,58-59,65H,13-16,23-26,31-40H2,1-12H3,(H,60,68)/t41-,42-,43-,44+,47-,48-,51+,52+/m0/s1. The van der Waals surface area contributed by atoms with Crippen LogP contribution in [0.15, 0.2) is 60.7 Å². The summed E-state index contributed by atoms with van der Waals surface area (Å²) in [7, 11) is 3.47. The lowest BCUT2D eigenvalue weighted by Gasteiger charge is -2.44. The van der Waals surface area contributed by atoms with E-state index in [4.69, 9.17) is 0 Å². The average molecular weight is 987 g/mol. The highest BCUT2D eigenvalue weighted by molar-refractivity contribution is 5.90. The van der Waals surface area contributed by atoms with Crippen LogP contribution in [0, 0.1) is 16.0 Å². The maximum absolute atomic E-state index is 14.3. The Morgan fingerprint density at radius 2 is 1.06 bits per heavy atom. The molecule has 2 aliphatic rings. The molecule has 4 N–H and O–H groups in total. The van der Waals surface area contributed by atoms with Crippen LogP contribution >= 0.6 is 0 Å². The highest BCUT2D eigenvalue weighted by atomic mass is 16.5. The molecule has 2 heterocycles. The minimum atomic E-state index is -0.778. The summed E-state index contributed by atoms with van der Waals surface area (Å²) in [5, 5.41) is 22.5. The molecule has 398 valence electrons. The summed E-state index contributed by atoms with van der Waals surface area (Å²) < 4.78 is 0. The summed E-state index contributed by atoms with van der Waals surface area (Å²) in [4.78, 5) is 77.6. The normalized spacial score (nSPS) is 19.3. The van der Waals surface area contributed by atoms with E-state index in [1.807, 2.05) is 104 Å². The minimum Gasteiger partial charge on any atom is -0.633 e. The van der Waals surface area contributed by atoms with Gasteiger partial charge >= 0.3 is 0 Å². The van der Waals surface area contributed by atoms with Crippen LogP contribution in [0.2, 0.25) is 0 Å². The van der Waals surface area contributed by atoms with E-state index in [2.05, 4.69) is 54.1 Å². The predicted molar refractivity (Wildman–Crippen MR) is 285 cm³/mol. The van der Waals surface area contributed by atoms with Crippen molar-refractivity contribution < 1.29 is 29.0 Å². The summed E-state index contributed by atoms with van der Waals surface area (Å²) >= 11 is 0. The molecule has 71 heavy (non-hydrogen) atoms. The molecule has 5 amide bonds. The van der Waals surface area contributed by atoms with Crippen LogP contribution in [0.5, 0.6) is 0 Å². The topological polar surface area (TPSA) is 162 Å². The fourth-order valence-electron chi connectivity index (χ4n) is 10.4. The van der Waals surface area contributed by atoms with E-state index in [1.54, 1.807) is 21.0 Å². The Balaban J connectivity index is 1.34. The van der Waals surface area contributed by atoms with Gasteiger partial charge in [-0.3, -0.25) is 29.3 Å². The first kappa shape index (κ1) is 59.2. The number of likely N-dealkylation sites (tertiary alicyclic amines) is 2. The first-order chi connectivity index (χ1) is 33.6. The molecular weight excluding hydrogens is 893 g/mol. The number of hydrogen-bond donors (Lipinski definition) is 4. The van der Waals surface area contributed by atoms with E-state index >= 15 is 0 Å². The molecule has 0 aliphatic carbocycles. The van der Waals surface area contributed by atoms with E-state index < -0.39 is 35.1 Å². The van der Waals surface area contributed by atoms with Crippen LogP contribution in [-0.2, 0) is 24.0 Å². The maximum Gasteiger partial charge on any atom is 0.282 e. The summed E-state index contributed by atoms with van der Waals surface area (Å²) in [6.07, 6.45) is 8.97. The lowest BCUT2D eigenvalue weighted by Crippen LogP contribution is -3.19. The molecule has 2 aliphatic heterocycles. The summed E-state index contributed by atoms with van der Waals surface area (Å²) in [5.74, 6) is -0.0281. The van der Waals surface area contributed by atoms with Gasteiger partial charge in [-0.1, -0.05) is 142 Å². The number of hydroxylamine groups is 2. The van der Waals surface area contributed by atoms with E-state index in [9.17, 15) is 29.2 Å². The molecule has 0 bridgehead atoms. The van der Waals surface area contributed by atoms with Gasteiger partial charge < -0.3 is 40.5 Å². The molecule has 2 saturated heterocycles. The molecule has 0 saturated carbocycles. The fourth-order valence-corrected chi connectivity index (χ4v) is 10.4. The molecule has 14 heteroatoms. The second-order valence-electron chi connectivity index (χ2n) is 23.0. The molecule has 0 spiro atoms. The monoisotopic (exact) mass is 987 g/mol. The quantitative estimate of drug-likeness (QED) is 0.0430. The third-order valence-corrected chi connectivity index (χ3v) is 15.1. The molecule has 2 fully saturated rings. The highest BCUT2D eigenvalue weighted by Crippen LogP contribution is 2.29. The van der Waals surface area contributed by atoms with Crippen LogP contribution in [0.4, 0.5) is 0 Å². The zero-order valence-corrected chi connectivity index (χ0v) is 45.9. The van der Waals surface area contributed by atoms with E-state index in [-0.39, 0.29) is 58.5 Å². The van der Waals surface area contributed by atoms with Crippen molar-refractivity contribution in [2.45, 2.75) is 194 Å². The minimum absolute atomic E-state index is 0.0951. The molecule has 0 aromatic heterocycles. The number of quaternary nitrogens is 1. The van der Waals surface area contributed by atoms with Crippen molar-refractivity contribution in [2.24, 2.45) is 10.8 Å². The largest absolute Gasteiger partial charge is 0.633 e. The number of carbonyl (C=O) groups excluding carboxylic acids is 5. The number of nitrogens with zero attached hydrogens (tertiary/aromatic N) is 4. The lowest BCUT2D eigenvalue weighted by atomic mass is 9.85. The summed E-state index contributed by atoms with van der Waals surface area (Å²) in [6, 6.07) is 18.3. The second-order valence-corrected chi connectivity index (χ2v) is 23.0. The van der Waals surface area contributed by atoms with Gasteiger partial charge in [-0.2, -0.15) is 0 Å². The van der Waals surface area contributed by atoms with Crippen molar-refractivity contribution in [3.05, 3.63) is 77.0 Å². The number of rotatable bonds is 27. The molecule has 9 atom stereocenters. The molecule has 0 radical (unpaired) electrons. The Bertz CT molecular complexity index is 1960. The van der Waals surface area contributed by atoms with Gasteiger partial charge in [0.05, 0.1) is 6.04 Å². The highest BCUT2D eigenvalue weighted by Gasteiger charge is 2.45. The van der Waals surface area contributed by atoms with Crippen LogP contribution in [0.3, 0.4) is 0 Å². The number of carbonyl (C=O) groups is 5. The molecule has 14 nitrogen and oxygen atoms in total. The first-order valence-electron chi connectivity index (χ1n) is 27.0. The van der Waals surface area contributed by atoms with E-state index in [0.717, 1.165) is 64.2 Å². The number of amides is 5. The van der Waals surface area contributed by atoms with Gasteiger partial charge in [0.1, 0.15) is 12.2 Å². The first-order valence-corrected chi connectivity index (χ1v) is 27.0. The van der Waals surface area contributed by atoms with Gasteiger partial charge in [-0.05, 0) is 87.9 Å². The lowest BCUT2D eigenvalue weighted by molar-refractivity contribution is -0.900. The summed E-state index contributed by atoms with van der Waals surface area (Å²) in [6.45, 7) is 22.9. The smallest absolute Gasteiger partial charge is 0.282 e. The molecular formula is C57H94N8O6. The Hall–Kier alpha value is -4.37. The van der Waals surface area contributed by atoms with Crippen molar-refractivity contribution in [1.82, 2.24) is 35.6 Å². The van der Waals surface area contributed by atoms with Crippen molar-refractivity contribution in [1.29, 1.82) is 0 Å². The average Bonchev–Trinajstić information content (AvgIpc) is 4.02. The zero-order valence-electron chi connectivity index (χ0n) is 45.9. The molecule has 2 aromatic carbocycles. The fraction of sp³-hybridized carbons (Fsp3) is 0.702. The molecule has 4 rings (SSSR count). The van der Waals surface area contributed by atoms with Crippen LogP contribution in [0.1, 0.15) is 169 Å². The Kier molecular flexibility index (Phi) is 23.5. The van der Waals surface area contributed by atoms with Gasteiger partial charge in [0.25, 0.3) is 5.91 Å². The van der Waals surface area contributed by atoms with Gasteiger partial charge in [0, 0.05) is 76.5 Å². The molecule has 1 unspecified atom stereocenters. The molecule has 2 aromatic rings. The van der Waals surface area contributed by atoms with Gasteiger partial charge in [-0.15, -0.1) is 0 Å². The summed E-state index contributed by atoms with van der Waals surface area (Å²) in [5.41, 5.74) is 1.28. The third kappa shape index (κ3) is 17.7. The zero-order chi connectivity index (χ0) is 52.5. The van der Waals surface area contributed by atoms with Crippen LogP contribution in [-0.4, -0.2) is 139 Å². The third-order valence-electron chi connectivity index (χ3n) is 15.1. The maximum atomic E-state index is 14.3. The number of hydrogen-bond acceptors (Lipinski definition) is 8.